The van der Waals surface area contributed by atoms with Gasteiger partial charge in [0.1, 0.15) is 0 Å². The van der Waals surface area contributed by atoms with Gasteiger partial charge >= 0.3 is 6.03 Å². The summed E-state index contributed by atoms with van der Waals surface area (Å²) in [5, 5.41) is 5.57. The minimum absolute atomic E-state index is 0.00822. The maximum Gasteiger partial charge on any atom is 0.321 e. The van der Waals surface area contributed by atoms with E-state index in [4.69, 9.17) is 0 Å². The average molecular weight is 344 g/mol. The maximum atomic E-state index is 12.3. The number of carbonyl (C=O) groups is 3. The number of piperazine rings is 1. The summed E-state index contributed by atoms with van der Waals surface area (Å²) in [5.74, 6) is -0.0468. The fraction of sp³-hybridized carbons (Fsp3) is 0.389. The van der Waals surface area contributed by atoms with Gasteiger partial charge in [0.05, 0.1) is 6.54 Å². The molecule has 0 unspecified atom stereocenters. The second-order valence-corrected chi connectivity index (χ2v) is 5.92. The molecule has 7 heteroatoms. The molecule has 1 fully saturated rings. The number of carbonyl (C=O) groups excluding carboxylic acids is 3. The van der Waals surface area contributed by atoms with Gasteiger partial charge in [0.2, 0.25) is 5.91 Å². The number of rotatable bonds is 6. The third-order valence-electron chi connectivity index (χ3n) is 4.01. The summed E-state index contributed by atoms with van der Waals surface area (Å²) in [6.45, 7) is 8.28. The molecule has 1 aliphatic heterocycles. The van der Waals surface area contributed by atoms with Crippen LogP contribution >= 0.6 is 0 Å². The van der Waals surface area contributed by atoms with Gasteiger partial charge in [0.25, 0.3) is 0 Å². The van der Waals surface area contributed by atoms with Gasteiger partial charge in [-0.05, 0) is 31.2 Å². The van der Waals surface area contributed by atoms with Crippen LogP contribution in [0.4, 0.5) is 10.5 Å². The molecule has 1 aromatic rings. The number of hydrogen-bond acceptors (Lipinski definition) is 4. The van der Waals surface area contributed by atoms with Crippen molar-refractivity contribution in [1.82, 2.24) is 15.1 Å². The van der Waals surface area contributed by atoms with E-state index in [0.717, 1.165) is 0 Å². The highest BCUT2D eigenvalue weighted by molar-refractivity contribution is 5.95. The first-order valence-corrected chi connectivity index (χ1v) is 8.26. The van der Waals surface area contributed by atoms with Crippen molar-refractivity contribution in [3.05, 3.63) is 42.5 Å². The molecule has 0 bridgehead atoms. The maximum absolute atomic E-state index is 12.3. The van der Waals surface area contributed by atoms with Crippen LogP contribution in [0.1, 0.15) is 17.3 Å². The monoisotopic (exact) mass is 344 g/mol. The molecule has 2 N–H and O–H groups in total. The zero-order valence-corrected chi connectivity index (χ0v) is 14.5. The topological polar surface area (TPSA) is 81.8 Å². The predicted octanol–water partition coefficient (Wildman–Crippen LogP) is 1.34. The number of nitrogens with zero attached hydrogens (tertiary/aromatic N) is 2. The minimum Gasteiger partial charge on any atom is -0.352 e. The average Bonchev–Trinajstić information content (AvgIpc) is 2.61. The van der Waals surface area contributed by atoms with E-state index in [1.807, 2.05) is 4.90 Å². The molecule has 25 heavy (non-hydrogen) atoms. The molecule has 0 aliphatic carbocycles. The molecule has 0 saturated carbocycles. The number of Topliss-reactive ketones (excluding diaryl/α,β-unsaturated/α-hetero) is 1. The number of amides is 3. The molecular formula is C18H24N4O3. The standard InChI is InChI=1S/C18H24N4O3/c1-3-8-19-17(24)13-21-9-11-22(12-10-21)18(25)20-16-6-4-15(5-7-16)14(2)23/h3-7H,1,8-13H2,2H3,(H,19,24)(H,20,25). The number of hydrogen-bond donors (Lipinski definition) is 2. The first-order valence-electron chi connectivity index (χ1n) is 8.26. The number of nitrogens with one attached hydrogen (secondary N) is 2. The molecular weight excluding hydrogens is 320 g/mol. The number of benzene rings is 1. The van der Waals surface area contributed by atoms with E-state index in [9.17, 15) is 14.4 Å². The van der Waals surface area contributed by atoms with Crippen LogP contribution in [-0.2, 0) is 4.79 Å². The van der Waals surface area contributed by atoms with E-state index in [1.165, 1.54) is 6.92 Å². The SMILES string of the molecule is C=CCNC(=O)CN1CCN(C(=O)Nc2ccc(C(C)=O)cc2)CC1. The van der Waals surface area contributed by atoms with Crippen LogP contribution in [0.5, 0.6) is 0 Å². The molecule has 0 spiro atoms. The summed E-state index contributed by atoms with van der Waals surface area (Å²) < 4.78 is 0. The van der Waals surface area contributed by atoms with Gasteiger partial charge in [0, 0.05) is 44.0 Å². The Labute approximate surface area is 147 Å². The Morgan fingerprint density at radius 1 is 1.12 bits per heavy atom. The fourth-order valence-corrected chi connectivity index (χ4v) is 2.54. The molecule has 0 aromatic heterocycles. The van der Waals surface area contributed by atoms with Crippen LogP contribution in [0.15, 0.2) is 36.9 Å². The molecule has 2 rings (SSSR count). The van der Waals surface area contributed by atoms with E-state index in [1.54, 1.807) is 35.2 Å². The second kappa shape index (κ2) is 8.98. The van der Waals surface area contributed by atoms with Crippen LogP contribution in [0.25, 0.3) is 0 Å². The van der Waals surface area contributed by atoms with E-state index >= 15 is 0 Å². The molecule has 3 amide bonds. The smallest absolute Gasteiger partial charge is 0.321 e. The molecule has 1 aliphatic rings. The minimum atomic E-state index is -0.175. The van der Waals surface area contributed by atoms with E-state index in [0.29, 0.717) is 50.5 Å². The van der Waals surface area contributed by atoms with Crippen molar-refractivity contribution >= 4 is 23.4 Å². The number of urea groups is 1. The number of anilines is 1. The Bertz CT molecular complexity index is 634. The van der Waals surface area contributed by atoms with Crippen molar-refractivity contribution in [3.8, 4) is 0 Å². The second-order valence-electron chi connectivity index (χ2n) is 5.92. The largest absolute Gasteiger partial charge is 0.352 e. The highest BCUT2D eigenvalue weighted by atomic mass is 16.2. The van der Waals surface area contributed by atoms with E-state index in [2.05, 4.69) is 17.2 Å². The van der Waals surface area contributed by atoms with Crippen molar-refractivity contribution in [1.29, 1.82) is 0 Å². The lowest BCUT2D eigenvalue weighted by atomic mass is 10.1. The summed E-state index contributed by atoms with van der Waals surface area (Å²) in [6.07, 6.45) is 1.64. The lowest BCUT2D eigenvalue weighted by molar-refractivity contribution is -0.122. The molecule has 1 heterocycles. The van der Waals surface area contributed by atoms with Gasteiger partial charge < -0.3 is 15.5 Å². The van der Waals surface area contributed by atoms with Gasteiger partial charge in [-0.3, -0.25) is 14.5 Å². The lowest BCUT2D eigenvalue weighted by Gasteiger charge is -2.34. The van der Waals surface area contributed by atoms with E-state index < -0.39 is 0 Å². The molecule has 1 aromatic carbocycles. The van der Waals surface area contributed by atoms with Crippen LogP contribution < -0.4 is 10.6 Å². The molecule has 0 atom stereocenters. The predicted molar refractivity (Wildman–Crippen MR) is 96.7 cm³/mol. The Hall–Kier alpha value is -2.67. The van der Waals surface area contributed by atoms with Crippen LogP contribution in [-0.4, -0.2) is 66.8 Å². The Balaban J connectivity index is 1.78. The first-order chi connectivity index (χ1) is 12.0. The summed E-state index contributed by atoms with van der Waals surface area (Å²) in [5.41, 5.74) is 1.27. The third kappa shape index (κ3) is 5.72. The zero-order chi connectivity index (χ0) is 18.2. The van der Waals surface area contributed by atoms with Gasteiger partial charge in [-0.2, -0.15) is 0 Å². The van der Waals surface area contributed by atoms with E-state index in [-0.39, 0.29) is 17.7 Å². The summed E-state index contributed by atoms with van der Waals surface area (Å²) >= 11 is 0. The van der Waals surface area contributed by atoms with Crippen LogP contribution in [0.3, 0.4) is 0 Å². The van der Waals surface area contributed by atoms with Crippen molar-refractivity contribution in [2.75, 3.05) is 44.6 Å². The lowest BCUT2D eigenvalue weighted by Crippen LogP contribution is -2.52. The van der Waals surface area contributed by atoms with Crippen LogP contribution in [0, 0.1) is 0 Å². The van der Waals surface area contributed by atoms with Crippen molar-refractivity contribution in [2.45, 2.75) is 6.92 Å². The number of ketones is 1. The third-order valence-corrected chi connectivity index (χ3v) is 4.01. The highest BCUT2D eigenvalue weighted by Gasteiger charge is 2.22. The molecule has 0 radical (unpaired) electrons. The summed E-state index contributed by atoms with van der Waals surface area (Å²) in [4.78, 5) is 39.0. The van der Waals surface area contributed by atoms with Crippen LogP contribution in [0.2, 0.25) is 0 Å². The summed E-state index contributed by atoms with van der Waals surface area (Å²) in [7, 11) is 0. The Kier molecular flexibility index (Phi) is 6.71. The van der Waals surface area contributed by atoms with Gasteiger partial charge in [0.15, 0.2) is 5.78 Å². The zero-order valence-electron chi connectivity index (χ0n) is 14.5. The first kappa shape index (κ1) is 18.7. The van der Waals surface area contributed by atoms with Gasteiger partial charge in [-0.15, -0.1) is 6.58 Å². The Morgan fingerprint density at radius 2 is 1.76 bits per heavy atom. The van der Waals surface area contributed by atoms with Gasteiger partial charge in [-0.1, -0.05) is 6.08 Å². The summed E-state index contributed by atoms with van der Waals surface area (Å²) in [6, 6.07) is 6.64. The normalized spacial score (nSPS) is 14.7. The Morgan fingerprint density at radius 3 is 2.32 bits per heavy atom. The van der Waals surface area contributed by atoms with Crippen molar-refractivity contribution < 1.29 is 14.4 Å². The quantitative estimate of drug-likeness (QED) is 0.603. The van der Waals surface area contributed by atoms with Crippen molar-refractivity contribution in [2.24, 2.45) is 0 Å². The fourth-order valence-electron chi connectivity index (χ4n) is 2.54. The molecule has 134 valence electrons. The van der Waals surface area contributed by atoms with Gasteiger partial charge in [-0.25, -0.2) is 4.79 Å². The highest BCUT2D eigenvalue weighted by Crippen LogP contribution is 2.12. The molecule has 7 nitrogen and oxygen atoms in total. The molecule has 1 saturated heterocycles. The van der Waals surface area contributed by atoms with Crippen molar-refractivity contribution in [3.63, 3.8) is 0 Å².